The molecule has 3 nitrogen and oxygen atoms in total. The fourth-order valence-corrected chi connectivity index (χ4v) is 0.858. The number of rotatable bonds is 4. The molecule has 0 amide bonds. The average molecular weight is 151 g/mol. The van der Waals surface area contributed by atoms with E-state index in [9.17, 15) is 0 Å². The Bertz CT molecular complexity index is 227. The van der Waals surface area contributed by atoms with Gasteiger partial charge in [-0.2, -0.15) is 5.10 Å². The van der Waals surface area contributed by atoms with Gasteiger partial charge in [0, 0.05) is 24.8 Å². The maximum Gasteiger partial charge on any atom is 0.0534 e. The standard InChI is InChI=1S/C8H13N3/c1-2-3-4-11-7-8(5-9)6-10-11/h2,6-7H,1,3-5,9H2. The predicted molar refractivity (Wildman–Crippen MR) is 44.9 cm³/mol. The number of allylic oxidation sites excluding steroid dienone is 1. The Balaban J connectivity index is 2.50. The molecule has 1 aromatic heterocycles. The molecule has 0 unspecified atom stereocenters. The van der Waals surface area contributed by atoms with Gasteiger partial charge in [-0.25, -0.2) is 0 Å². The lowest BCUT2D eigenvalue weighted by Crippen LogP contribution is -1.97. The fraction of sp³-hybridized carbons (Fsp3) is 0.375. The van der Waals surface area contributed by atoms with E-state index in [0.29, 0.717) is 6.54 Å². The van der Waals surface area contributed by atoms with Gasteiger partial charge in [0.2, 0.25) is 0 Å². The van der Waals surface area contributed by atoms with Gasteiger partial charge in [0.1, 0.15) is 0 Å². The van der Waals surface area contributed by atoms with Crippen LogP contribution in [0.15, 0.2) is 25.0 Å². The number of nitrogens with two attached hydrogens (primary N) is 1. The van der Waals surface area contributed by atoms with Gasteiger partial charge in [-0.3, -0.25) is 4.68 Å². The van der Waals surface area contributed by atoms with Crippen molar-refractivity contribution in [3.05, 3.63) is 30.6 Å². The Labute approximate surface area is 66.5 Å². The van der Waals surface area contributed by atoms with Crippen molar-refractivity contribution in [3.63, 3.8) is 0 Å². The third-order valence-corrected chi connectivity index (χ3v) is 1.48. The highest BCUT2D eigenvalue weighted by Gasteiger charge is 1.93. The molecule has 0 aliphatic heterocycles. The van der Waals surface area contributed by atoms with E-state index in [-0.39, 0.29) is 0 Å². The van der Waals surface area contributed by atoms with Crippen LogP contribution in [0.4, 0.5) is 0 Å². The molecule has 0 aliphatic carbocycles. The summed E-state index contributed by atoms with van der Waals surface area (Å²) in [6.07, 6.45) is 6.59. The van der Waals surface area contributed by atoms with Gasteiger partial charge in [-0.05, 0) is 6.42 Å². The van der Waals surface area contributed by atoms with Crippen molar-refractivity contribution in [2.75, 3.05) is 0 Å². The zero-order valence-electron chi connectivity index (χ0n) is 6.53. The summed E-state index contributed by atoms with van der Waals surface area (Å²) in [7, 11) is 0. The number of nitrogens with zero attached hydrogens (tertiary/aromatic N) is 2. The van der Waals surface area contributed by atoms with E-state index in [1.54, 1.807) is 6.20 Å². The second kappa shape index (κ2) is 3.93. The molecule has 0 bridgehead atoms. The van der Waals surface area contributed by atoms with Crippen LogP contribution < -0.4 is 5.73 Å². The molecule has 11 heavy (non-hydrogen) atoms. The third-order valence-electron chi connectivity index (χ3n) is 1.48. The lowest BCUT2D eigenvalue weighted by atomic mass is 10.4. The Kier molecular flexibility index (Phi) is 2.86. The first-order chi connectivity index (χ1) is 5.36. The van der Waals surface area contributed by atoms with Crippen molar-refractivity contribution in [1.82, 2.24) is 9.78 Å². The topological polar surface area (TPSA) is 43.8 Å². The van der Waals surface area contributed by atoms with Gasteiger partial charge in [0.25, 0.3) is 0 Å². The smallest absolute Gasteiger partial charge is 0.0534 e. The molecular formula is C8H13N3. The van der Waals surface area contributed by atoms with Gasteiger partial charge < -0.3 is 5.73 Å². The summed E-state index contributed by atoms with van der Waals surface area (Å²) in [5.74, 6) is 0. The van der Waals surface area contributed by atoms with Crippen LogP contribution >= 0.6 is 0 Å². The summed E-state index contributed by atoms with van der Waals surface area (Å²) < 4.78 is 1.88. The normalized spacial score (nSPS) is 9.91. The van der Waals surface area contributed by atoms with Crippen LogP contribution in [0.5, 0.6) is 0 Å². The summed E-state index contributed by atoms with van der Waals surface area (Å²) in [5, 5.41) is 4.11. The van der Waals surface area contributed by atoms with Crippen LogP contribution in [-0.2, 0) is 13.1 Å². The molecule has 0 saturated carbocycles. The van der Waals surface area contributed by atoms with Gasteiger partial charge in [0.05, 0.1) is 6.20 Å². The predicted octanol–water partition coefficient (Wildman–Crippen LogP) is 0.918. The molecular weight excluding hydrogens is 138 g/mol. The maximum absolute atomic E-state index is 5.42. The first kappa shape index (κ1) is 8.01. The number of hydrogen-bond acceptors (Lipinski definition) is 2. The van der Waals surface area contributed by atoms with E-state index in [4.69, 9.17) is 5.73 Å². The van der Waals surface area contributed by atoms with Crippen LogP contribution in [0, 0.1) is 0 Å². The minimum absolute atomic E-state index is 0.564. The summed E-state index contributed by atoms with van der Waals surface area (Å²) in [4.78, 5) is 0. The van der Waals surface area contributed by atoms with Crippen LogP contribution in [-0.4, -0.2) is 9.78 Å². The lowest BCUT2D eigenvalue weighted by molar-refractivity contribution is 0.623. The maximum atomic E-state index is 5.42. The number of hydrogen-bond donors (Lipinski definition) is 1. The van der Waals surface area contributed by atoms with E-state index >= 15 is 0 Å². The Morgan fingerprint density at radius 1 is 1.73 bits per heavy atom. The van der Waals surface area contributed by atoms with Gasteiger partial charge >= 0.3 is 0 Å². The van der Waals surface area contributed by atoms with Crippen molar-refractivity contribution >= 4 is 0 Å². The molecule has 3 heteroatoms. The molecule has 2 N–H and O–H groups in total. The molecule has 0 aliphatic rings. The Morgan fingerprint density at radius 2 is 2.55 bits per heavy atom. The minimum atomic E-state index is 0.564. The molecule has 1 rings (SSSR count). The highest BCUT2D eigenvalue weighted by Crippen LogP contribution is 1.96. The minimum Gasteiger partial charge on any atom is -0.326 e. The Hall–Kier alpha value is -1.09. The molecule has 0 fully saturated rings. The second-order valence-corrected chi connectivity index (χ2v) is 2.39. The highest BCUT2D eigenvalue weighted by molar-refractivity contribution is 5.02. The van der Waals surface area contributed by atoms with Crippen LogP contribution in [0.25, 0.3) is 0 Å². The fourth-order valence-electron chi connectivity index (χ4n) is 0.858. The van der Waals surface area contributed by atoms with Gasteiger partial charge in [-0.15, -0.1) is 6.58 Å². The molecule has 0 radical (unpaired) electrons. The molecule has 0 saturated heterocycles. The van der Waals surface area contributed by atoms with Gasteiger partial charge in [0.15, 0.2) is 0 Å². The zero-order valence-corrected chi connectivity index (χ0v) is 6.53. The van der Waals surface area contributed by atoms with Crippen LogP contribution in [0.3, 0.4) is 0 Å². The van der Waals surface area contributed by atoms with E-state index in [2.05, 4.69) is 11.7 Å². The molecule has 0 aromatic carbocycles. The van der Waals surface area contributed by atoms with E-state index in [0.717, 1.165) is 18.5 Å². The quantitative estimate of drug-likeness (QED) is 0.650. The van der Waals surface area contributed by atoms with Crippen molar-refractivity contribution in [1.29, 1.82) is 0 Å². The van der Waals surface area contributed by atoms with Crippen molar-refractivity contribution in [2.24, 2.45) is 5.73 Å². The molecule has 1 aromatic rings. The Morgan fingerprint density at radius 3 is 3.09 bits per heavy atom. The summed E-state index contributed by atoms with van der Waals surface area (Å²) >= 11 is 0. The summed E-state index contributed by atoms with van der Waals surface area (Å²) in [6.45, 7) is 5.09. The van der Waals surface area contributed by atoms with Gasteiger partial charge in [-0.1, -0.05) is 6.08 Å². The van der Waals surface area contributed by atoms with Crippen molar-refractivity contribution in [3.8, 4) is 0 Å². The molecule has 1 heterocycles. The SMILES string of the molecule is C=CCCn1cc(CN)cn1. The highest BCUT2D eigenvalue weighted by atomic mass is 15.3. The van der Waals surface area contributed by atoms with E-state index in [1.807, 2.05) is 17.0 Å². The molecule has 60 valence electrons. The number of aryl methyl sites for hydroxylation is 1. The van der Waals surface area contributed by atoms with Crippen LogP contribution in [0.1, 0.15) is 12.0 Å². The second-order valence-electron chi connectivity index (χ2n) is 2.39. The van der Waals surface area contributed by atoms with Crippen LogP contribution in [0.2, 0.25) is 0 Å². The van der Waals surface area contributed by atoms with Crippen molar-refractivity contribution in [2.45, 2.75) is 19.5 Å². The van der Waals surface area contributed by atoms with Crippen molar-refractivity contribution < 1.29 is 0 Å². The molecule has 0 spiro atoms. The summed E-state index contributed by atoms with van der Waals surface area (Å²) in [6, 6.07) is 0. The third kappa shape index (κ3) is 2.20. The summed E-state index contributed by atoms with van der Waals surface area (Å²) in [5.41, 5.74) is 6.50. The zero-order chi connectivity index (χ0) is 8.10. The average Bonchev–Trinajstić information content (AvgIpc) is 2.48. The largest absolute Gasteiger partial charge is 0.326 e. The first-order valence-corrected chi connectivity index (χ1v) is 3.69. The monoisotopic (exact) mass is 151 g/mol. The van der Waals surface area contributed by atoms with E-state index in [1.165, 1.54) is 0 Å². The number of aromatic nitrogens is 2. The lowest BCUT2D eigenvalue weighted by Gasteiger charge is -1.94. The molecule has 0 atom stereocenters. The first-order valence-electron chi connectivity index (χ1n) is 3.69. The van der Waals surface area contributed by atoms with E-state index < -0.39 is 0 Å².